The van der Waals surface area contributed by atoms with Crippen molar-refractivity contribution < 1.29 is 9.90 Å². The zero-order valence-corrected chi connectivity index (χ0v) is 11.2. The van der Waals surface area contributed by atoms with Crippen LogP contribution >= 0.6 is 11.6 Å². The minimum absolute atomic E-state index is 0.00636. The molecule has 0 aliphatic heterocycles. The molecule has 1 atom stereocenters. The predicted molar refractivity (Wildman–Crippen MR) is 73.7 cm³/mol. The molecule has 0 saturated heterocycles. The van der Waals surface area contributed by atoms with Gasteiger partial charge in [-0.2, -0.15) is 0 Å². The molecule has 0 bridgehead atoms. The van der Waals surface area contributed by atoms with Crippen LogP contribution in [0, 0.1) is 0 Å². The number of hydrogen-bond acceptors (Lipinski definition) is 4. The first-order valence-corrected chi connectivity index (χ1v) is 5.97. The smallest absolute Gasteiger partial charge is 0.238 e. The van der Waals surface area contributed by atoms with Crippen molar-refractivity contribution in [2.24, 2.45) is 0 Å². The minimum Gasteiger partial charge on any atom is -0.399 e. The molecule has 0 saturated carbocycles. The van der Waals surface area contributed by atoms with Gasteiger partial charge in [0, 0.05) is 11.7 Å². The number of aliphatic hydroxyl groups is 1. The Kier molecular flexibility index (Phi) is 5.40. The Bertz CT molecular complexity index is 426. The van der Waals surface area contributed by atoms with Crippen molar-refractivity contribution in [1.82, 2.24) is 4.90 Å². The second-order valence-corrected chi connectivity index (χ2v) is 4.64. The lowest BCUT2D eigenvalue weighted by atomic mass is 10.2. The van der Waals surface area contributed by atoms with Crippen molar-refractivity contribution >= 4 is 28.9 Å². The zero-order chi connectivity index (χ0) is 13.7. The number of amides is 1. The maximum absolute atomic E-state index is 11.8. The first kappa shape index (κ1) is 14.8. The number of hydrogen-bond donors (Lipinski definition) is 3. The van der Waals surface area contributed by atoms with Gasteiger partial charge in [-0.15, -0.1) is 0 Å². The van der Waals surface area contributed by atoms with Gasteiger partial charge in [-0.25, -0.2) is 0 Å². The summed E-state index contributed by atoms with van der Waals surface area (Å²) in [5, 5.41) is 12.1. The van der Waals surface area contributed by atoms with Gasteiger partial charge >= 0.3 is 0 Å². The molecule has 100 valence electrons. The van der Waals surface area contributed by atoms with Crippen LogP contribution in [0.4, 0.5) is 11.4 Å². The molecular weight excluding hydrogens is 254 g/mol. The molecule has 18 heavy (non-hydrogen) atoms. The van der Waals surface area contributed by atoms with Crippen molar-refractivity contribution in [2.75, 3.05) is 31.2 Å². The van der Waals surface area contributed by atoms with E-state index in [2.05, 4.69) is 5.32 Å². The average Bonchev–Trinajstić information content (AvgIpc) is 2.31. The summed E-state index contributed by atoms with van der Waals surface area (Å²) in [7, 11) is 1.77. The lowest BCUT2D eigenvalue weighted by molar-refractivity contribution is -0.117. The number of rotatable bonds is 5. The third kappa shape index (κ3) is 4.18. The quantitative estimate of drug-likeness (QED) is 0.703. The van der Waals surface area contributed by atoms with E-state index in [0.717, 1.165) is 0 Å². The number of nitrogen functional groups attached to an aromatic ring is 1. The number of halogens is 1. The van der Waals surface area contributed by atoms with Crippen LogP contribution in [0.1, 0.15) is 6.92 Å². The third-order valence-electron chi connectivity index (χ3n) is 2.68. The molecule has 0 aliphatic carbocycles. The molecule has 6 heteroatoms. The van der Waals surface area contributed by atoms with Gasteiger partial charge in [0.05, 0.1) is 23.9 Å². The number of carbonyl (C=O) groups excluding carboxylic acids is 1. The average molecular weight is 272 g/mol. The van der Waals surface area contributed by atoms with E-state index in [1.54, 1.807) is 30.1 Å². The molecule has 0 fully saturated rings. The first-order valence-electron chi connectivity index (χ1n) is 5.60. The Morgan fingerprint density at radius 3 is 2.83 bits per heavy atom. The molecule has 1 amide bonds. The number of carbonyl (C=O) groups is 1. The van der Waals surface area contributed by atoms with Crippen molar-refractivity contribution in [3.63, 3.8) is 0 Å². The topological polar surface area (TPSA) is 78.6 Å². The molecule has 0 spiro atoms. The van der Waals surface area contributed by atoms with Crippen LogP contribution in [0.5, 0.6) is 0 Å². The van der Waals surface area contributed by atoms with Gasteiger partial charge < -0.3 is 16.2 Å². The predicted octanol–water partition coefficient (Wildman–Crippen LogP) is 1.17. The lowest BCUT2D eigenvalue weighted by Crippen LogP contribution is -2.38. The number of aliphatic hydroxyl groups excluding tert-OH is 1. The second-order valence-electron chi connectivity index (χ2n) is 4.23. The standard InChI is InChI=1S/C12H18ClN3O2/c1-8(7-17)16(2)6-12(18)15-11-4-3-9(14)5-10(11)13/h3-5,8,17H,6-7,14H2,1-2H3,(H,15,18). The molecule has 0 heterocycles. The van der Waals surface area contributed by atoms with Gasteiger partial charge in [0.2, 0.25) is 5.91 Å². The fourth-order valence-electron chi connectivity index (χ4n) is 1.34. The fourth-order valence-corrected chi connectivity index (χ4v) is 1.58. The van der Waals surface area contributed by atoms with Crippen molar-refractivity contribution in [3.05, 3.63) is 23.2 Å². The van der Waals surface area contributed by atoms with Gasteiger partial charge in [0.1, 0.15) is 0 Å². The van der Waals surface area contributed by atoms with E-state index in [1.807, 2.05) is 6.92 Å². The highest BCUT2D eigenvalue weighted by atomic mass is 35.5. The highest BCUT2D eigenvalue weighted by Gasteiger charge is 2.13. The maximum Gasteiger partial charge on any atom is 0.238 e. The van der Waals surface area contributed by atoms with Crippen molar-refractivity contribution in [1.29, 1.82) is 0 Å². The summed E-state index contributed by atoms with van der Waals surface area (Å²) in [5.41, 5.74) is 6.64. The molecule has 0 aliphatic rings. The van der Waals surface area contributed by atoms with E-state index in [1.165, 1.54) is 0 Å². The molecule has 1 rings (SSSR count). The van der Waals surface area contributed by atoms with Gasteiger partial charge in [-0.05, 0) is 32.2 Å². The normalized spacial score (nSPS) is 12.5. The minimum atomic E-state index is -0.190. The van der Waals surface area contributed by atoms with Crippen LogP contribution in [0.2, 0.25) is 5.02 Å². The highest BCUT2D eigenvalue weighted by molar-refractivity contribution is 6.34. The SMILES string of the molecule is CC(CO)N(C)CC(=O)Nc1ccc(N)cc1Cl. The molecule has 4 N–H and O–H groups in total. The summed E-state index contributed by atoms with van der Waals surface area (Å²) >= 11 is 5.95. The summed E-state index contributed by atoms with van der Waals surface area (Å²) in [6.45, 7) is 2.03. The van der Waals surface area contributed by atoms with E-state index in [0.29, 0.717) is 16.4 Å². The molecule has 0 radical (unpaired) electrons. The highest BCUT2D eigenvalue weighted by Crippen LogP contribution is 2.23. The lowest BCUT2D eigenvalue weighted by Gasteiger charge is -2.22. The molecule has 1 unspecified atom stereocenters. The molecule has 1 aromatic rings. The van der Waals surface area contributed by atoms with Crippen LogP contribution in [-0.4, -0.2) is 42.2 Å². The molecule has 1 aromatic carbocycles. The van der Waals surface area contributed by atoms with Crippen molar-refractivity contribution in [3.8, 4) is 0 Å². The van der Waals surface area contributed by atoms with Gasteiger partial charge in [-0.3, -0.25) is 9.69 Å². The van der Waals surface area contributed by atoms with E-state index in [9.17, 15) is 4.79 Å². The van der Waals surface area contributed by atoms with Crippen LogP contribution in [0.3, 0.4) is 0 Å². The van der Waals surface area contributed by atoms with E-state index < -0.39 is 0 Å². The Morgan fingerprint density at radius 1 is 1.61 bits per heavy atom. The number of anilines is 2. The van der Waals surface area contributed by atoms with E-state index in [-0.39, 0.29) is 25.1 Å². The Hall–Kier alpha value is -1.30. The van der Waals surface area contributed by atoms with Crippen LogP contribution in [-0.2, 0) is 4.79 Å². The summed E-state index contributed by atoms with van der Waals surface area (Å²) < 4.78 is 0. The Balaban J connectivity index is 2.59. The van der Waals surface area contributed by atoms with Gasteiger partial charge in [0.15, 0.2) is 0 Å². The number of benzene rings is 1. The van der Waals surface area contributed by atoms with Crippen molar-refractivity contribution in [2.45, 2.75) is 13.0 Å². The fraction of sp³-hybridized carbons (Fsp3) is 0.417. The largest absolute Gasteiger partial charge is 0.399 e. The van der Waals surface area contributed by atoms with E-state index >= 15 is 0 Å². The second kappa shape index (κ2) is 6.58. The molecule has 5 nitrogen and oxygen atoms in total. The Morgan fingerprint density at radius 2 is 2.28 bits per heavy atom. The number of nitrogens with two attached hydrogens (primary N) is 1. The number of nitrogens with zero attached hydrogens (tertiary/aromatic N) is 1. The van der Waals surface area contributed by atoms with E-state index in [4.69, 9.17) is 22.4 Å². The summed E-state index contributed by atoms with van der Waals surface area (Å²) in [6, 6.07) is 4.83. The first-order chi connectivity index (χ1) is 8.43. The van der Waals surface area contributed by atoms with Gasteiger partial charge in [0.25, 0.3) is 0 Å². The third-order valence-corrected chi connectivity index (χ3v) is 2.99. The van der Waals surface area contributed by atoms with Gasteiger partial charge in [-0.1, -0.05) is 11.6 Å². The molecular formula is C12H18ClN3O2. The number of likely N-dealkylation sites (N-methyl/N-ethyl adjacent to an activating group) is 1. The van der Waals surface area contributed by atoms with Crippen LogP contribution < -0.4 is 11.1 Å². The summed E-state index contributed by atoms with van der Waals surface area (Å²) in [6.07, 6.45) is 0. The van der Waals surface area contributed by atoms with Crippen LogP contribution in [0.25, 0.3) is 0 Å². The summed E-state index contributed by atoms with van der Waals surface area (Å²) in [4.78, 5) is 13.5. The molecule has 0 aromatic heterocycles. The zero-order valence-electron chi connectivity index (χ0n) is 10.5. The monoisotopic (exact) mass is 271 g/mol. The maximum atomic E-state index is 11.8. The number of nitrogens with one attached hydrogen (secondary N) is 1. The Labute approximate surface area is 112 Å². The summed E-state index contributed by atoms with van der Waals surface area (Å²) in [5.74, 6) is -0.190. The van der Waals surface area contributed by atoms with Crippen LogP contribution in [0.15, 0.2) is 18.2 Å².